The molecule has 2 rings (SSSR count). The minimum atomic E-state index is -0.596. The molecular formula is C12H25N3O2. The Kier molecular flexibility index (Phi) is 4.76. The molecule has 2 heterocycles. The lowest BCUT2D eigenvalue weighted by molar-refractivity contribution is 0.0169. The summed E-state index contributed by atoms with van der Waals surface area (Å²) in [7, 11) is 0. The van der Waals surface area contributed by atoms with Gasteiger partial charge >= 0.3 is 0 Å². The molecule has 0 aromatic rings. The fourth-order valence-corrected chi connectivity index (χ4v) is 2.51. The number of rotatable bonds is 3. The molecule has 100 valence electrons. The minimum Gasteiger partial charge on any atom is -0.388 e. The van der Waals surface area contributed by atoms with Crippen LogP contribution in [0.4, 0.5) is 0 Å². The largest absolute Gasteiger partial charge is 0.388 e. The first-order valence-corrected chi connectivity index (χ1v) is 6.61. The van der Waals surface area contributed by atoms with Crippen LogP contribution in [0.3, 0.4) is 0 Å². The average Bonchev–Trinajstić information content (AvgIpc) is 2.49. The smallest absolute Gasteiger partial charge is 0.0869 e. The molecule has 2 aliphatic heterocycles. The van der Waals surface area contributed by atoms with Gasteiger partial charge in [0.25, 0.3) is 0 Å². The predicted molar refractivity (Wildman–Crippen MR) is 67.2 cm³/mol. The van der Waals surface area contributed by atoms with Gasteiger partial charge in [-0.1, -0.05) is 0 Å². The van der Waals surface area contributed by atoms with Gasteiger partial charge in [-0.25, -0.2) is 0 Å². The average molecular weight is 243 g/mol. The number of nitrogens with zero attached hydrogens (tertiary/aromatic N) is 2. The summed E-state index contributed by atoms with van der Waals surface area (Å²) in [4.78, 5) is 4.80. The molecule has 1 unspecified atom stereocenters. The number of β-amino-alcohol motifs (C(OH)–C–C–N with tert-alkyl or cyclic N) is 1. The van der Waals surface area contributed by atoms with E-state index in [0.29, 0.717) is 6.54 Å². The number of ether oxygens (including phenoxy) is 1. The molecule has 0 bridgehead atoms. The van der Waals surface area contributed by atoms with E-state index < -0.39 is 5.60 Å². The summed E-state index contributed by atoms with van der Waals surface area (Å²) < 4.78 is 5.34. The Morgan fingerprint density at radius 3 is 2.65 bits per heavy atom. The van der Waals surface area contributed by atoms with Crippen LogP contribution in [0.5, 0.6) is 0 Å². The topological polar surface area (TPSA) is 48.0 Å². The van der Waals surface area contributed by atoms with Crippen molar-refractivity contribution >= 4 is 0 Å². The molecule has 5 nitrogen and oxygen atoms in total. The Bertz CT molecular complexity index is 230. The first-order chi connectivity index (χ1) is 8.16. The third-order valence-electron chi connectivity index (χ3n) is 3.51. The van der Waals surface area contributed by atoms with E-state index in [2.05, 4.69) is 15.1 Å². The number of morpholine rings is 1. The van der Waals surface area contributed by atoms with Crippen LogP contribution in [0.25, 0.3) is 0 Å². The van der Waals surface area contributed by atoms with Crippen molar-refractivity contribution in [3.63, 3.8) is 0 Å². The Morgan fingerprint density at radius 1 is 1.18 bits per heavy atom. The first kappa shape index (κ1) is 13.2. The molecule has 5 heteroatoms. The van der Waals surface area contributed by atoms with Gasteiger partial charge in [-0.15, -0.1) is 0 Å². The standard InChI is InChI=1S/C12H25N3O2/c1-12(16)10-13-2-3-15(11-12)5-4-14-6-8-17-9-7-14/h13,16H,2-11H2,1H3. The monoisotopic (exact) mass is 243 g/mol. The molecule has 2 saturated heterocycles. The number of aliphatic hydroxyl groups is 1. The van der Waals surface area contributed by atoms with Crippen molar-refractivity contribution in [2.24, 2.45) is 0 Å². The number of nitrogens with one attached hydrogen (secondary N) is 1. The highest BCUT2D eigenvalue weighted by molar-refractivity contribution is 4.84. The van der Waals surface area contributed by atoms with Gasteiger partial charge < -0.3 is 15.2 Å². The van der Waals surface area contributed by atoms with Crippen molar-refractivity contribution in [1.29, 1.82) is 0 Å². The van der Waals surface area contributed by atoms with Crippen molar-refractivity contribution in [2.75, 3.05) is 65.6 Å². The van der Waals surface area contributed by atoms with Gasteiger partial charge in [0.05, 0.1) is 18.8 Å². The highest BCUT2D eigenvalue weighted by atomic mass is 16.5. The molecule has 0 spiro atoms. The summed E-state index contributed by atoms with van der Waals surface area (Å²) in [5.74, 6) is 0. The van der Waals surface area contributed by atoms with Crippen LogP contribution < -0.4 is 5.32 Å². The quantitative estimate of drug-likeness (QED) is 0.664. The van der Waals surface area contributed by atoms with Crippen molar-refractivity contribution in [2.45, 2.75) is 12.5 Å². The van der Waals surface area contributed by atoms with E-state index in [1.807, 2.05) is 6.92 Å². The van der Waals surface area contributed by atoms with Gasteiger partial charge in [-0.2, -0.15) is 0 Å². The summed E-state index contributed by atoms with van der Waals surface area (Å²) >= 11 is 0. The van der Waals surface area contributed by atoms with E-state index >= 15 is 0 Å². The van der Waals surface area contributed by atoms with Crippen molar-refractivity contribution in [3.8, 4) is 0 Å². The third kappa shape index (κ3) is 4.52. The molecule has 17 heavy (non-hydrogen) atoms. The lowest BCUT2D eigenvalue weighted by Gasteiger charge is -2.31. The van der Waals surface area contributed by atoms with Gasteiger partial charge in [0, 0.05) is 52.4 Å². The van der Waals surface area contributed by atoms with E-state index in [1.54, 1.807) is 0 Å². The zero-order valence-electron chi connectivity index (χ0n) is 10.8. The van der Waals surface area contributed by atoms with Crippen LogP contribution in [-0.2, 0) is 4.74 Å². The zero-order chi connectivity index (χ0) is 12.1. The molecule has 0 saturated carbocycles. The van der Waals surface area contributed by atoms with Gasteiger partial charge in [-0.05, 0) is 6.92 Å². The van der Waals surface area contributed by atoms with Gasteiger partial charge in [0.1, 0.15) is 0 Å². The second-order valence-electron chi connectivity index (χ2n) is 5.40. The molecule has 2 fully saturated rings. The zero-order valence-corrected chi connectivity index (χ0v) is 10.8. The van der Waals surface area contributed by atoms with Crippen molar-refractivity contribution in [3.05, 3.63) is 0 Å². The van der Waals surface area contributed by atoms with E-state index in [0.717, 1.165) is 59.0 Å². The molecule has 0 radical (unpaired) electrons. The molecular weight excluding hydrogens is 218 g/mol. The van der Waals surface area contributed by atoms with Crippen molar-refractivity contribution < 1.29 is 9.84 Å². The first-order valence-electron chi connectivity index (χ1n) is 6.61. The number of hydrogen-bond donors (Lipinski definition) is 2. The molecule has 2 N–H and O–H groups in total. The second kappa shape index (κ2) is 6.11. The second-order valence-corrected chi connectivity index (χ2v) is 5.40. The van der Waals surface area contributed by atoms with E-state index in [1.165, 1.54) is 0 Å². The van der Waals surface area contributed by atoms with Gasteiger partial charge in [0.15, 0.2) is 0 Å². The normalized spacial score (nSPS) is 33.5. The van der Waals surface area contributed by atoms with Gasteiger partial charge in [-0.3, -0.25) is 9.80 Å². The molecule has 0 aromatic heterocycles. The maximum Gasteiger partial charge on any atom is 0.0869 e. The van der Waals surface area contributed by atoms with Crippen LogP contribution in [0, 0.1) is 0 Å². The molecule has 0 amide bonds. The maximum absolute atomic E-state index is 10.1. The summed E-state index contributed by atoms with van der Waals surface area (Å²) in [5, 5.41) is 13.4. The van der Waals surface area contributed by atoms with Crippen LogP contribution in [-0.4, -0.2) is 86.1 Å². The van der Waals surface area contributed by atoms with Crippen LogP contribution in [0.2, 0.25) is 0 Å². The Labute approximate surface area is 104 Å². The summed E-state index contributed by atoms with van der Waals surface area (Å²) in [6.07, 6.45) is 0. The fourth-order valence-electron chi connectivity index (χ4n) is 2.51. The van der Waals surface area contributed by atoms with Crippen LogP contribution >= 0.6 is 0 Å². The Hall–Kier alpha value is -0.200. The van der Waals surface area contributed by atoms with Gasteiger partial charge in [0.2, 0.25) is 0 Å². The SMILES string of the molecule is CC1(O)CNCCN(CCN2CCOCC2)C1. The summed E-state index contributed by atoms with van der Waals surface area (Å²) in [6.45, 7) is 11.3. The highest BCUT2D eigenvalue weighted by Gasteiger charge is 2.26. The number of hydrogen-bond acceptors (Lipinski definition) is 5. The minimum absolute atomic E-state index is 0.596. The fraction of sp³-hybridized carbons (Fsp3) is 1.00. The van der Waals surface area contributed by atoms with E-state index in [9.17, 15) is 5.11 Å². The molecule has 0 aromatic carbocycles. The molecule has 0 aliphatic carbocycles. The molecule has 2 aliphatic rings. The molecule has 1 atom stereocenters. The Morgan fingerprint density at radius 2 is 1.88 bits per heavy atom. The lowest BCUT2D eigenvalue weighted by Crippen LogP contribution is -2.46. The third-order valence-corrected chi connectivity index (χ3v) is 3.51. The van der Waals surface area contributed by atoms with Crippen LogP contribution in [0.15, 0.2) is 0 Å². The maximum atomic E-state index is 10.1. The lowest BCUT2D eigenvalue weighted by atomic mass is 10.1. The summed E-state index contributed by atoms with van der Waals surface area (Å²) in [6, 6.07) is 0. The van der Waals surface area contributed by atoms with Crippen LogP contribution in [0.1, 0.15) is 6.92 Å². The predicted octanol–water partition coefficient (Wildman–Crippen LogP) is -1.03. The van der Waals surface area contributed by atoms with E-state index in [-0.39, 0.29) is 0 Å². The summed E-state index contributed by atoms with van der Waals surface area (Å²) in [5.41, 5.74) is -0.596. The van der Waals surface area contributed by atoms with E-state index in [4.69, 9.17) is 4.74 Å². The Balaban J connectivity index is 1.73. The highest BCUT2D eigenvalue weighted by Crippen LogP contribution is 2.08. The van der Waals surface area contributed by atoms with Crippen molar-refractivity contribution in [1.82, 2.24) is 15.1 Å².